The summed E-state index contributed by atoms with van der Waals surface area (Å²) in [6.45, 7) is 7.42. The number of unbranched alkanes of at least 4 members (excludes halogenated alkanes) is 1. The Labute approximate surface area is 370 Å². The Morgan fingerprint density at radius 3 is 2.24 bits per heavy atom. The number of halogens is 1. The Morgan fingerprint density at radius 1 is 0.941 bits per heavy atom. The third kappa shape index (κ3) is 10.8. The minimum Gasteiger partial charge on any atom is -0.393 e. The first kappa shape index (κ1) is 45.2. The molecule has 4 rings (SSSR count). The van der Waals surface area contributed by atoms with Crippen LogP contribution < -0.4 is 0 Å². The first-order valence-electron chi connectivity index (χ1n) is 12.4. The Bertz CT molecular complexity index is 604. The monoisotopic (exact) mass is 984 g/mol. The number of hydrogen-bond acceptors (Lipinski definition) is 1. The van der Waals surface area contributed by atoms with E-state index < -0.39 is 0 Å². The smallest absolute Gasteiger partial charge is 0.0580 e. The van der Waals surface area contributed by atoms with Crippen LogP contribution in [0.25, 0.3) is 0 Å². The average molecular weight is 985 g/mol. The van der Waals surface area contributed by atoms with Crippen molar-refractivity contribution in [2.24, 2.45) is 40.9 Å². The fourth-order valence-electron chi connectivity index (χ4n) is 8.02. The first-order chi connectivity index (χ1) is 13.4. The Kier molecular flexibility index (Phi) is 28.6. The van der Waals surface area contributed by atoms with E-state index >= 15 is 0 Å². The normalized spacial score (nSPS) is 35.5. The van der Waals surface area contributed by atoms with Gasteiger partial charge in [-0.2, -0.15) is 0 Å². The SMILES string of the molecule is CC(C)CCCCC1CCC2C3CC(CBr)C4=C(CCC(O)C4)C3CCC12C.[Y].[Y].[Y].[Y].[Y].[Y]. The molecule has 34 heavy (non-hydrogen) atoms. The van der Waals surface area contributed by atoms with Gasteiger partial charge in [0.25, 0.3) is 0 Å². The maximum Gasteiger partial charge on any atom is 0.0580 e. The van der Waals surface area contributed by atoms with Gasteiger partial charge in [0, 0.05) is 202 Å². The molecule has 0 aromatic rings. The fourth-order valence-corrected chi connectivity index (χ4v) is 8.68. The molecule has 1 nitrogen and oxygen atoms in total. The topological polar surface area (TPSA) is 20.2 Å². The van der Waals surface area contributed by atoms with E-state index in [0.717, 1.165) is 47.8 Å². The fraction of sp³-hybridized carbons (Fsp3) is 0.923. The van der Waals surface area contributed by atoms with E-state index in [0.29, 0.717) is 11.3 Å². The van der Waals surface area contributed by atoms with Gasteiger partial charge < -0.3 is 5.11 Å². The molecular formula is C26H43BrOY6. The van der Waals surface area contributed by atoms with E-state index in [9.17, 15) is 5.11 Å². The van der Waals surface area contributed by atoms with Crippen molar-refractivity contribution < 1.29 is 201 Å². The van der Waals surface area contributed by atoms with Gasteiger partial charge in [0.2, 0.25) is 0 Å². The summed E-state index contributed by atoms with van der Waals surface area (Å²) < 4.78 is 0. The van der Waals surface area contributed by atoms with E-state index in [1.54, 1.807) is 5.57 Å². The largest absolute Gasteiger partial charge is 0.393 e. The second-order valence-electron chi connectivity index (χ2n) is 11.4. The summed E-state index contributed by atoms with van der Waals surface area (Å²) in [5.41, 5.74) is 4.10. The number of aliphatic hydroxyl groups is 1. The summed E-state index contributed by atoms with van der Waals surface area (Å²) in [6, 6.07) is 0. The number of aliphatic hydroxyl groups excluding tert-OH is 1. The van der Waals surface area contributed by atoms with Crippen molar-refractivity contribution in [3.8, 4) is 0 Å². The predicted molar refractivity (Wildman–Crippen MR) is 123 cm³/mol. The van der Waals surface area contributed by atoms with Gasteiger partial charge in [-0.3, -0.25) is 0 Å². The molecule has 0 bridgehead atoms. The van der Waals surface area contributed by atoms with Crippen molar-refractivity contribution in [2.75, 3.05) is 5.33 Å². The maximum absolute atomic E-state index is 10.3. The summed E-state index contributed by atoms with van der Waals surface area (Å²) in [4.78, 5) is 0. The molecule has 4 aliphatic carbocycles. The van der Waals surface area contributed by atoms with E-state index in [1.165, 1.54) is 64.2 Å². The second-order valence-corrected chi connectivity index (χ2v) is 12.1. The van der Waals surface area contributed by atoms with Crippen LogP contribution in [0.1, 0.15) is 97.8 Å². The second kappa shape index (κ2) is 21.5. The van der Waals surface area contributed by atoms with Crippen molar-refractivity contribution in [1.82, 2.24) is 0 Å². The van der Waals surface area contributed by atoms with Crippen LogP contribution in [0.4, 0.5) is 0 Å². The minimum absolute atomic E-state index is 0. The van der Waals surface area contributed by atoms with Gasteiger partial charge in [-0.25, -0.2) is 0 Å². The Morgan fingerprint density at radius 2 is 1.62 bits per heavy atom. The summed E-state index contributed by atoms with van der Waals surface area (Å²) in [5, 5.41) is 11.4. The molecule has 6 radical (unpaired) electrons. The zero-order chi connectivity index (χ0) is 19.9. The molecule has 4 aliphatic rings. The van der Waals surface area contributed by atoms with Crippen LogP contribution in [0.3, 0.4) is 0 Å². The molecule has 7 unspecified atom stereocenters. The molecule has 0 aliphatic heterocycles. The van der Waals surface area contributed by atoms with Gasteiger partial charge in [0.05, 0.1) is 6.10 Å². The van der Waals surface area contributed by atoms with Gasteiger partial charge in [-0.15, -0.1) is 0 Å². The van der Waals surface area contributed by atoms with Crippen LogP contribution in [-0.4, -0.2) is 16.5 Å². The standard InChI is InChI=1S/C26H43BrO.6Y/c1-17(2)6-4-5-7-19-8-11-25-24-14-18(16-27)23-15-20(28)9-10-21(23)22(24)12-13-26(19,25)3;;;;;;/h17-20,22,24-25,28H,4-16H2,1-3H3;;;;;;. The van der Waals surface area contributed by atoms with Crippen molar-refractivity contribution in [1.29, 1.82) is 0 Å². The van der Waals surface area contributed by atoms with Gasteiger partial charge in [-0.05, 0) is 98.7 Å². The van der Waals surface area contributed by atoms with Crippen molar-refractivity contribution in [3.63, 3.8) is 0 Å². The third-order valence-corrected chi connectivity index (χ3v) is 10.3. The molecule has 2 fully saturated rings. The Hall–Kier alpha value is 6.80. The number of fused-ring (bicyclic) bond motifs is 4. The molecule has 2 saturated carbocycles. The molecule has 7 atom stereocenters. The summed E-state index contributed by atoms with van der Waals surface area (Å²) in [7, 11) is 0. The van der Waals surface area contributed by atoms with E-state index in [2.05, 4.69) is 36.7 Å². The molecule has 0 heterocycles. The van der Waals surface area contributed by atoms with Crippen LogP contribution in [0.2, 0.25) is 0 Å². The molecule has 0 saturated heterocycles. The third-order valence-electron chi connectivity index (χ3n) is 9.52. The molecule has 0 spiro atoms. The van der Waals surface area contributed by atoms with Gasteiger partial charge >= 0.3 is 0 Å². The van der Waals surface area contributed by atoms with Crippen LogP contribution in [0.5, 0.6) is 0 Å². The number of allylic oxidation sites excluding steroid dienone is 1. The molecule has 0 aromatic carbocycles. The average Bonchev–Trinajstić information content (AvgIpc) is 3.00. The van der Waals surface area contributed by atoms with E-state index in [1.807, 2.05) is 5.57 Å². The summed E-state index contributed by atoms with van der Waals surface area (Å²) >= 11 is 3.85. The zero-order valence-corrected chi connectivity index (χ0v) is 40.6. The summed E-state index contributed by atoms with van der Waals surface area (Å²) in [6.07, 6.45) is 16.2. The number of rotatable bonds is 6. The van der Waals surface area contributed by atoms with Gasteiger partial charge in [-0.1, -0.05) is 67.1 Å². The zero-order valence-electron chi connectivity index (χ0n) is 22.0. The predicted octanol–water partition coefficient (Wildman–Crippen LogP) is 7.50. The minimum atomic E-state index is -0.0765. The quantitative estimate of drug-likeness (QED) is 0.166. The number of hydrogen-bond donors (Lipinski definition) is 1. The van der Waals surface area contributed by atoms with Crippen LogP contribution in [-0.2, 0) is 196 Å². The molecule has 1 N–H and O–H groups in total. The van der Waals surface area contributed by atoms with Crippen LogP contribution in [0.15, 0.2) is 11.1 Å². The van der Waals surface area contributed by atoms with Crippen molar-refractivity contribution in [2.45, 2.75) is 104 Å². The molecule has 0 amide bonds. The van der Waals surface area contributed by atoms with Crippen molar-refractivity contribution >= 4 is 15.9 Å². The number of alkyl halides is 1. The van der Waals surface area contributed by atoms with Gasteiger partial charge in [0.1, 0.15) is 0 Å². The molecule has 178 valence electrons. The van der Waals surface area contributed by atoms with Crippen LogP contribution in [0, 0.1) is 40.9 Å². The molecular weight excluding hydrogens is 942 g/mol. The maximum atomic E-state index is 10.3. The molecule has 0 aromatic heterocycles. The van der Waals surface area contributed by atoms with E-state index in [4.69, 9.17) is 0 Å². The molecule has 8 heteroatoms. The summed E-state index contributed by atoms with van der Waals surface area (Å²) in [5.74, 6) is 5.29. The Balaban J connectivity index is -0.00000160. The van der Waals surface area contributed by atoms with Gasteiger partial charge in [0.15, 0.2) is 0 Å². The van der Waals surface area contributed by atoms with Crippen molar-refractivity contribution in [3.05, 3.63) is 11.1 Å². The first-order valence-corrected chi connectivity index (χ1v) is 13.5. The van der Waals surface area contributed by atoms with Crippen LogP contribution >= 0.6 is 15.9 Å². The van der Waals surface area contributed by atoms with E-state index in [-0.39, 0.29) is 202 Å².